The molecule has 0 unspecified atom stereocenters. The highest BCUT2D eigenvalue weighted by Gasteiger charge is 2.36. The molecule has 0 spiro atoms. The van der Waals surface area contributed by atoms with E-state index in [1.165, 1.54) is 30.1 Å². The van der Waals surface area contributed by atoms with Gasteiger partial charge in [0.25, 0.3) is 5.91 Å². The molecule has 2 heterocycles. The van der Waals surface area contributed by atoms with Crippen molar-refractivity contribution in [1.29, 1.82) is 0 Å². The maximum Gasteiger partial charge on any atom is 0.418 e. The Labute approximate surface area is 260 Å². The Kier molecular flexibility index (Phi) is 9.22. The van der Waals surface area contributed by atoms with E-state index in [0.29, 0.717) is 5.69 Å². The van der Waals surface area contributed by atoms with Crippen LogP contribution >= 0.6 is 0 Å². The number of aliphatic hydroxyl groups excluding tert-OH is 1. The summed E-state index contributed by atoms with van der Waals surface area (Å²) in [7, 11) is 3.35. The van der Waals surface area contributed by atoms with Crippen molar-refractivity contribution in [3.63, 3.8) is 0 Å². The largest absolute Gasteiger partial charge is 0.418 e. The number of aromatic nitrogens is 1. The quantitative estimate of drug-likeness (QED) is 0.270. The zero-order chi connectivity index (χ0) is 32.5. The Balaban J connectivity index is 1.51. The van der Waals surface area contributed by atoms with Crippen LogP contribution in [0.2, 0.25) is 0 Å². The minimum absolute atomic E-state index is 0.0365. The van der Waals surface area contributed by atoms with E-state index in [0.717, 1.165) is 33.7 Å². The third kappa shape index (κ3) is 6.41. The fourth-order valence-corrected chi connectivity index (χ4v) is 5.93. The first-order valence-electron chi connectivity index (χ1n) is 14.8. The number of aliphatic hydroxyl groups is 1. The highest BCUT2D eigenvalue weighted by atomic mass is 19.4. The number of rotatable bonds is 5. The molecule has 0 aliphatic carbocycles. The molecule has 5 rings (SSSR count). The summed E-state index contributed by atoms with van der Waals surface area (Å²) >= 11 is 0. The van der Waals surface area contributed by atoms with Gasteiger partial charge in [-0.25, -0.2) is 4.79 Å². The van der Waals surface area contributed by atoms with Gasteiger partial charge >= 0.3 is 12.2 Å². The summed E-state index contributed by atoms with van der Waals surface area (Å²) in [5.41, 5.74) is 2.55. The number of hydrogen-bond donors (Lipinski definition) is 2. The molecule has 2 N–H and O–H groups in total. The van der Waals surface area contributed by atoms with Crippen molar-refractivity contribution in [3.05, 3.63) is 89.6 Å². The van der Waals surface area contributed by atoms with Crippen molar-refractivity contribution >= 4 is 28.5 Å². The SMILES string of the molecule is C[C@@H]1CN([C@H](C)CO)C(=O)c2c(c3ccccc3n2C)-c2ccccc2CO[C@@H]1CN(C)C(=O)Nc1ccccc1C(F)(F)F. The van der Waals surface area contributed by atoms with Gasteiger partial charge in [0.05, 0.1) is 36.6 Å². The van der Waals surface area contributed by atoms with Crippen LogP contribution in [0, 0.1) is 5.92 Å². The number of nitrogens with one attached hydrogen (secondary N) is 1. The van der Waals surface area contributed by atoms with Crippen LogP contribution in [0.15, 0.2) is 72.8 Å². The molecule has 8 nitrogen and oxygen atoms in total. The number of ether oxygens (including phenoxy) is 1. The molecule has 0 saturated carbocycles. The Morgan fingerprint density at radius 2 is 1.76 bits per heavy atom. The minimum Gasteiger partial charge on any atom is -0.394 e. The normalized spacial score (nSPS) is 18.1. The second-order valence-electron chi connectivity index (χ2n) is 11.6. The van der Waals surface area contributed by atoms with Crippen LogP contribution in [0.1, 0.15) is 35.5 Å². The molecule has 1 aliphatic heterocycles. The predicted octanol–water partition coefficient (Wildman–Crippen LogP) is 6.39. The van der Waals surface area contributed by atoms with Gasteiger partial charge in [0.15, 0.2) is 0 Å². The lowest BCUT2D eigenvalue weighted by atomic mass is 9.96. The van der Waals surface area contributed by atoms with Gasteiger partial charge in [-0.15, -0.1) is 0 Å². The number of halogens is 3. The maximum atomic E-state index is 14.5. The molecular weight excluding hydrogens is 585 g/mol. The molecule has 1 aromatic heterocycles. The molecule has 0 bridgehead atoms. The Hall–Kier alpha value is -4.35. The number of nitrogens with zero attached hydrogens (tertiary/aromatic N) is 3. The van der Waals surface area contributed by atoms with Crippen LogP contribution < -0.4 is 5.32 Å². The van der Waals surface area contributed by atoms with Gasteiger partial charge in [-0.05, 0) is 36.2 Å². The summed E-state index contributed by atoms with van der Waals surface area (Å²) in [4.78, 5) is 30.5. The third-order valence-electron chi connectivity index (χ3n) is 8.50. The van der Waals surface area contributed by atoms with Gasteiger partial charge in [0.2, 0.25) is 0 Å². The summed E-state index contributed by atoms with van der Waals surface area (Å²) in [5.74, 6) is -0.577. The van der Waals surface area contributed by atoms with Gasteiger partial charge in [0, 0.05) is 49.6 Å². The number of amides is 3. The highest BCUT2D eigenvalue weighted by molar-refractivity contribution is 6.10. The smallest absolute Gasteiger partial charge is 0.394 e. The highest BCUT2D eigenvalue weighted by Crippen LogP contribution is 2.39. The fraction of sp³-hybridized carbons (Fsp3) is 0.353. The van der Waals surface area contributed by atoms with Crippen LogP contribution in [-0.4, -0.2) is 70.3 Å². The summed E-state index contributed by atoms with van der Waals surface area (Å²) in [5, 5.41) is 13.5. The van der Waals surface area contributed by atoms with E-state index in [4.69, 9.17) is 4.74 Å². The molecule has 238 valence electrons. The number of benzene rings is 3. The molecule has 0 radical (unpaired) electrons. The molecule has 3 amide bonds. The van der Waals surface area contributed by atoms with Gasteiger partial charge in [-0.2, -0.15) is 13.2 Å². The summed E-state index contributed by atoms with van der Waals surface area (Å²) in [6, 6.07) is 19.0. The van der Waals surface area contributed by atoms with Gasteiger partial charge in [-0.3, -0.25) is 4.79 Å². The van der Waals surface area contributed by atoms with E-state index in [1.807, 2.05) is 67.1 Å². The number of carbonyl (C=O) groups excluding carboxylic acids is 2. The Bertz CT molecular complexity index is 1700. The van der Waals surface area contributed by atoms with Crippen molar-refractivity contribution in [2.45, 2.75) is 38.8 Å². The van der Waals surface area contributed by atoms with E-state index in [9.17, 15) is 27.9 Å². The van der Waals surface area contributed by atoms with E-state index in [-0.39, 0.29) is 43.8 Å². The molecule has 4 aromatic rings. The molecule has 3 aromatic carbocycles. The predicted molar refractivity (Wildman–Crippen MR) is 167 cm³/mol. The van der Waals surface area contributed by atoms with Gasteiger partial charge in [0.1, 0.15) is 5.69 Å². The third-order valence-corrected chi connectivity index (χ3v) is 8.50. The second-order valence-corrected chi connectivity index (χ2v) is 11.6. The first-order valence-corrected chi connectivity index (χ1v) is 14.8. The van der Waals surface area contributed by atoms with Crippen LogP contribution in [0.3, 0.4) is 0 Å². The van der Waals surface area contributed by atoms with Crippen LogP contribution in [0.5, 0.6) is 0 Å². The second kappa shape index (κ2) is 12.9. The average molecular weight is 623 g/mol. The number of fused-ring (bicyclic) bond motifs is 5. The first-order chi connectivity index (χ1) is 21.4. The number of anilines is 1. The first kappa shape index (κ1) is 32.1. The number of likely N-dealkylation sites (N-methyl/N-ethyl adjacent to an activating group) is 1. The summed E-state index contributed by atoms with van der Waals surface area (Å²) < 4.78 is 49.0. The molecule has 45 heavy (non-hydrogen) atoms. The van der Waals surface area contributed by atoms with Crippen LogP contribution in [0.4, 0.5) is 23.7 Å². The van der Waals surface area contributed by atoms with E-state index in [1.54, 1.807) is 11.8 Å². The van der Waals surface area contributed by atoms with Crippen molar-refractivity contribution in [1.82, 2.24) is 14.4 Å². The summed E-state index contributed by atoms with van der Waals surface area (Å²) in [6.45, 7) is 3.81. The van der Waals surface area contributed by atoms with Crippen molar-refractivity contribution < 1.29 is 32.6 Å². The fourth-order valence-electron chi connectivity index (χ4n) is 5.93. The molecule has 0 fully saturated rings. The molecule has 0 saturated heterocycles. The van der Waals surface area contributed by atoms with Gasteiger partial charge in [-0.1, -0.05) is 61.5 Å². The lowest BCUT2D eigenvalue weighted by Gasteiger charge is -2.35. The maximum absolute atomic E-state index is 14.5. The molecule has 1 aliphatic rings. The van der Waals surface area contributed by atoms with E-state index in [2.05, 4.69) is 5.32 Å². The molecule has 11 heteroatoms. The Morgan fingerprint density at radius 3 is 2.49 bits per heavy atom. The van der Waals surface area contributed by atoms with Crippen molar-refractivity contribution in [2.75, 3.05) is 32.1 Å². The number of carbonyl (C=O) groups is 2. The van der Waals surface area contributed by atoms with Crippen LogP contribution in [0.25, 0.3) is 22.0 Å². The summed E-state index contributed by atoms with van der Waals surface area (Å²) in [6.07, 6.45) is -5.24. The number of para-hydroxylation sites is 2. The average Bonchev–Trinajstić information content (AvgIpc) is 3.31. The number of urea groups is 1. The minimum atomic E-state index is -4.63. The number of alkyl halides is 3. The lowest BCUT2D eigenvalue weighted by molar-refractivity contribution is -0.136. The lowest BCUT2D eigenvalue weighted by Crippen LogP contribution is -2.48. The molecular formula is C34H37F3N4O4. The van der Waals surface area contributed by atoms with Crippen molar-refractivity contribution in [2.24, 2.45) is 13.0 Å². The molecule has 3 atom stereocenters. The topological polar surface area (TPSA) is 87.0 Å². The number of aryl methyl sites for hydroxylation is 1. The van der Waals surface area contributed by atoms with Crippen molar-refractivity contribution in [3.8, 4) is 11.1 Å². The standard InChI is InChI=1S/C34H37F3N4O4/c1-21-17-41(22(2)19-42)32(43)31-30(25-13-7-10-16-28(25)40(31)4)24-12-6-5-11-23(24)20-45-29(21)18-39(3)33(44)38-27-15-9-8-14-26(27)34(35,36)37/h5-16,21-22,29,42H,17-20H2,1-4H3,(H,38,44)/t21-,22-,29-/m1/s1. The monoisotopic (exact) mass is 622 g/mol. The number of hydrogen-bond acceptors (Lipinski definition) is 4. The van der Waals surface area contributed by atoms with E-state index >= 15 is 0 Å². The van der Waals surface area contributed by atoms with E-state index < -0.39 is 29.9 Å². The Morgan fingerprint density at radius 1 is 1.09 bits per heavy atom. The zero-order valence-corrected chi connectivity index (χ0v) is 25.6. The van der Waals surface area contributed by atoms with Gasteiger partial charge < -0.3 is 29.5 Å². The van der Waals surface area contributed by atoms with Crippen LogP contribution in [-0.2, 0) is 24.6 Å². The zero-order valence-electron chi connectivity index (χ0n) is 25.6.